The Bertz CT molecular complexity index is 516. The van der Waals surface area contributed by atoms with Gasteiger partial charge in [0.25, 0.3) is 0 Å². The number of nitrogens with one attached hydrogen (secondary N) is 1. The van der Waals surface area contributed by atoms with Crippen LogP contribution in [0, 0.1) is 6.92 Å². The van der Waals surface area contributed by atoms with E-state index >= 15 is 0 Å². The predicted molar refractivity (Wildman–Crippen MR) is 72.2 cm³/mol. The van der Waals surface area contributed by atoms with Crippen LogP contribution in [0.3, 0.4) is 0 Å². The summed E-state index contributed by atoms with van der Waals surface area (Å²) in [4.78, 5) is 6.46. The van der Waals surface area contributed by atoms with E-state index < -0.39 is 10.0 Å². The number of hydrogen-bond donors (Lipinski definition) is 1. The van der Waals surface area contributed by atoms with Gasteiger partial charge in [-0.15, -0.1) is 0 Å². The first kappa shape index (κ1) is 13.3. The van der Waals surface area contributed by atoms with Crippen LogP contribution < -0.4 is 9.62 Å². The molecule has 5 nitrogen and oxygen atoms in total. The summed E-state index contributed by atoms with van der Waals surface area (Å²) in [6, 6.07) is 5.81. The summed E-state index contributed by atoms with van der Waals surface area (Å²) in [6.45, 7) is 5.44. The molecule has 1 aromatic heterocycles. The largest absolute Gasteiger partial charge is 0.355 e. The van der Waals surface area contributed by atoms with Crippen molar-refractivity contribution in [3.05, 3.63) is 23.9 Å². The van der Waals surface area contributed by atoms with Crippen LogP contribution in [-0.2, 0) is 10.0 Å². The summed E-state index contributed by atoms with van der Waals surface area (Å²) in [7, 11) is -3.18. The number of hydrogen-bond acceptors (Lipinski definition) is 4. The van der Waals surface area contributed by atoms with Gasteiger partial charge in [-0.2, -0.15) is 0 Å². The summed E-state index contributed by atoms with van der Waals surface area (Å²) >= 11 is 0. The number of pyridine rings is 1. The third-order valence-electron chi connectivity index (χ3n) is 3.13. The second-order valence-corrected chi connectivity index (χ2v) is 6.58. The fourth-order valence-electron chi connectivity index (χ4n) is 2.21. The molecule has 1 atom stereocenters. The normalized spacial score (nSPS) is 20.3. The molecule has 18 heavy (non-hydrogen) atoms. The summed E-state index contributed by atoms with van der Waals surface area (Å²) in [5.41, 5.74) is 0.950. The quantitative estimate of drug-likeness (QED) is 0.882. The molecule has 1 fully saturated rings. The number of anilines is 1. The lowest BCUT2D eigenvalue weighted by atomic mass is 10.3. The van der Waals surface area contributed by atoms with Crippen molar-refractivity contribution >= 4 is 15.8 Å². The fourth-order valence-corrected chi connectivity index (χ4v) is 3.64. The van der Waals surface area contributed by atoms with Crippen LogP contribution in [0.15, 0.2) is 18.2 Å². The molecule has 0 amide bonds. The van der Waals surface area contributed by atoms with Crippen molar-refractivity contribution in [3.63, 3.8) is 0 Å². The summed E-state index contributed by atoms with van der Waals surface area (Å²) in [5.74, 6) is 0.865. The molecule has 0 spiro atoms. The van der Waals surface area contributed by atoms with Crippen LogP contribution >= 0.6 is 0 Å². The Labute approximate surface area is 108 Å². The molecule has 0 bridgehead atoms. The van der Waals surface area contributed by atoms with E-state index in [2.05, 4.69) is 9.71 Å². The summed E-state index contributed by atoms with van der Waals surface area (Å²) in [6.07, 6.45) is 0.658. The first-order valence-corrected chi connectivity index (χ1v) is 7.74. The monoisotopic (exact) mass is 269 g/mol. The van der Waals surface area contributed by atoms with Gasteiger partial charge < -0.3 is 4.90 Å². The molecule has 0 radical (unpaired) electrons. The molecule has 1 aliphatic rings. The predicted octanol–water partition coefficient (Wildman–Crippen LogP) is 0.908. The molecule has 1 aromatic rings. The minimum Gasteiger partial charge on any atom is -0.355 e. The van der Waals surface area contributed by atoms with Crippen LogP contribution in [-0.4, -0.2) is 38.3 Å². The van der Waals surface area contributed by atoms with Gasteiger partial charge in [-0.25, -0.2) is 18.1 Å². The Morgan fingerprint density at radius 1 is 1.50 bits per heavy atom. The van der Waals surface area contributed by atoms with Gasteiger partial charge in [0.05, 0.1) is 5.25 Å². The van der Waals surface area contributed by atoms with Crippen LogP contribution in [0.2, 0.25) is 0 Å². The Kier molecular flexibility index (Phi) is 3.87. The minimum absolute atomic E-state index is 0.334. The zero-order valence-corrected chi connectivity index (χ0v) is 11.6. The van der Waals surface area contributed by atoms with Gasteiger partial charge in [-0.3, -0.25) is 0 Å². The van der Waals surface area contributed by atoms with Gasteiger partial charge in [0.2, 0.25) is 10.0 Å². The highest BCUT2D eigenvalue weighted by Gasteiger charge is 2.33. The van der Waals surface area contributed by atoms with Crippen molar-refractivity contribution in [3.8, 4) is 0 Å². The number of aryl methyl sites for hydroxylation is 1. The third-order valence-corrected chi connectivity index (χ3v) is 5.08. The van der Waals surface area contributed by atoms with E-state index in [4.69, 9.17) is 0 Å². The number of sulfonamides is 1. The molecule has 1 aliphatic heterocycles. The molecule has 0 aliphatic carbocycles. The lowest BCUT2D eigenvalue weighted by Crippen LogP contribution is -2.36. The van der Waals surface area contributed by atoms with Gasteiger partial charge in [0, 0.05) is 25.3 Å². The highest BCUT2D eigenvalue weighted by atomic mass is 32.2. The van der Waals surface area contributed by atoms with E-state index in [1.54, 1.807) is 6.92 Å². The molecule has 0 aromatic carbocycles. The van der Waals surface area contributed by atoms with Crippen LogP contribution in [0.1, 0.15) is 19.0 Å². The van der Waals surface area contributed by atoms with Crippen molar-refractivity contribution in [1.29, 1.82) is 0 Å². The topological polar surface area (TPSA) is 62.3 Å². The highest BCUT2D eigenvalue weighted by molar-refractivity contribution is 7.90. The van der Waals surface area contributed by atoms with E-state index in [9.17, 15) is 8.42 Å². The van der Waals surface area contributed by atoms with Gasteiger partial charge in [-0.1, -0.05) is 13.0 Å². The van der Waals surface area contributed by atoms with E-state index in [1.165, 1.54) is 0 Å². The van der Waals surface area contributed by atoms with Crippen LogP contribution in [0.5, 0.6) is 0 Å². The maximum Gasteiger partial charge on any atom is 0.216 e. The van der Waals surface area contributed by atoms with E-state index in [1.807, 2.05) is 30.0 Å². The van der Waals surface area contributed by atoms with Crippen molar-refractivity contribution in [1.82, 2.24) is 9.71 Å². The Morgan fingerprint density at radius 2 is 2.28 bits per heavy atom. The molecule has 0 saturated carbocycles. The molecule has 2 heterocycles. The van der Waals surface area contributed by atoms with Crippen molar-refractivity contribution in [2.24, 2.45) is 0 Å². The SMILES string of the molecule is CCNS(=O)(=O)[C@H]1CCN(c2cccc(C)n2)C1. The van der Waals surface area contributed by atoms with E-state index in [0.717, 1.165) is 18.1 Å². The number of nitrogens with zero attached hydrogens (tertiary/aromatic N) is 2. The molecule has 0 unspecified atom stereocenters. The molecular weight excluding hydrogens is 250 g/mol. The maximum atomic E-state index is 11.9. The Hall–Kier alpha value is -1.14. The summed E-state index contributed by atoms with van der Waals surface area (Å²) < 4.78 is 26.4. The van der Waals surface area contributed by atoms with E-state index in [-0.39, 0.29) is 5.25 Å². The second kappa shape index (κ2) is 5.24. The lowest BCUT2D eigenvalue weighted by Gasteiger charge is -2.18. The smallest absolute Gasteiger partial charge is 0.216 e. The zero-order chi connectivity index (χ0) is 13.2. The zero-order valence-electron chi connectivity index (χ0n) is 10.8. The number of rotatable bonds is 4. The first-order chi connectivity index (χ1) is 8.53. The van der Waals surface area contributed by atoms with Gasteiger partial charge in [-0.05, 0) is 25.5 Å². The van der Waals surface area contributed by atoms with Gasteiger partial charge in [0.15, 0.2) is 0 Å². The fraction of sp³-hybridized carbons (Fsp3) is 0.583. The lowest BCUT2D eigenvalue weighted by molar-refractivity contribution is 0.571. The minimum atomic E-state index is -3.18. The standard InChI is InChI=1S/C12H19N3O2S/c1-3-13-18(16,17)11-7-8-15(9-11)12-6-4-5-10(2)14-12/h4-6,11,13H,3,7-9H2,1-2H3/t11-/m0/s1. The Morgan fingerprint density at radius 3 is 2.94 bits per heavy atom. The third kappa shape index (κ3) is 2.81. The van der Waals surface area contributed by atoms with Crippen LogP contribution in [0.25, 0.3) is 0 Å². The van der Waals surface area contributed by atoms with Crippen molar-refractivity contribution in [2.75, 3.05) is 24.5 Å². The van der Waals surface area contributed by atoms with Gasteiger partial charge in [0.1, 0.15) is 5.82 Å². The average Bonchev–Trinajstić information content (AvgIpc) is 2.78. The molecule has 1 N–H and O–H groups in total. The Balaban J connectivity index is 2.09. The molecular formula is C12H19N3O2S. The van der Waals surface area contributed by atoms with Crippen molar-refractivity contribution < 1.29 is 8.42 Å². The summed E-state index contributed by atoms with van der Waals surface area (Å²) in [5, 5.41) is -0.334. The second-order valence-electron chi connectivity index (χ2n) is 4.54. The molecule has 1 saturated heterocycles. The maximum absolute atomic E-state index is 11.9. The molecule has 100 valence electrons. The van der Waals surface area contributed by atoms with E-state index in [0.29, 0.717) is 19.5 Å². The highest BCUT2D eigenvalue weighted by Crippen LogP contribution is 2.21. The molecule has 2 rings (SSSR count). The number of aromatic nitrogens is 1. The molecule has 6 heteroatoms. The first-order valence-electron chi connectivity index (χ1n) is 6.20. The van der Waals surface area contributed by atoms with Crippen molar-refractivity contribution in [2.45, 2.75) is 25.5 Å². The van der Waals surface area contributed by atoms with Gasteiger partial charge >= 0.3 is 0 Å². The average molecular weight is 269 g/mol. The van der Waals surface area contributed by atoms with Crippen LogP contribution in [0.4, 0.5) is 5.82 Å².